The molecule has 6 nitrogen and oxygen atoms in total. The van der Waals surface area contributed by atoms with Crippen molar-refractivity contribution in [3.63, 3.8) is 0 Å². The second-order valence-electron chi connectivity index (χ2n) is 6.44. The van der Waals surface area contributed by atoms with E-state index >= 15 is 0 Å². The third kappa shape index (κ3) is 6.02. The van der Waals surface area contributed by atoms with Gasteiger partial charge in [0.2, 0.25) is 0 Å². The normalized spacial score (nSPS) is 15.8. The summed E-state index contributed by atoms with van der Waals surface area (Å²) in [5.41, 5.74) is 2.32. The number of piperidine rings is 1. The number of likely N-dealkylation sites (tertiary alicyclic amines) is 1. The molecule has 0 unspecified atom stereocenters. The molecule has 1 fully saturated rings. The van der Waals surface area contributed by atoms with Crippen molar-refractivity contribution >= 4 is 11.9 Å². The third-order valence-corrected chi connectivity index (χ3v) is 4.46. The van der Waals surface area contributed by atoms with Gasteiger partial charge < -0.3 is 19.7 Å². The van der Waals surface area contributed by atoms with Gasteiger partial charge >= 0.3 is 5.97 Å². The fraction of sp³-hybridized carbons (Fsp3) is 0.600. The van der Waals surface area contributed by atoms with Gasteiger partial charge in [-0.2, -0.15) is 0 Å². The molecule has 2 rings (SSSR count). The molecule has 0 radical (unpaired) electrons. The molecule has 6 heteroatoms. The van der Waals surface area contributed by atoms with E-state index in [0.29, 0.717) is 19.8 Å². The molecule has 0 bridgehead atoms. The van der Waals surface area contributed by atoms with Gasteiger partial charge in [0.25, 0.3) is 0 Å². The first-order valence-electron chi connectivity index (χ1n) is 9.44. The predicted molar refractivity (Wildman–Crippen MR) is 103 cm³/mol. The number of methoxy groups -OCH3 is 1. The molecule has 1 heterocycles. The average molecular weight is 361 g/mol. The monoisotopic (exact) mass is 361 g/mol. The molecule has 0 amide bonds. The van der Waals surface area contributed by atoms with Crippen LogP contribution in [0.5, 0.6) is 0 Å². The Hall–Kier alpha value is -2.08. The summed E-state index contributed by atoms with van der Waals surface area (Å²) in [6.45, 7) is 8.06. The first-order chi connectivity index (χ1) is 12.7. The zero-order valence-electron chi connectivity index (χ0n) is 16.2. The number of hydrogen-bond donors (Lipinski definition) is 1. The number of guanidine groups is 1. The van der Waals surface area contributed by atoms with Crippen molar-refractivity contribution in [3.8, 4) is 0 Å². The van der Waals surface area contributed by atoms with Crippen LogP contribution in [0.1, 0.15) is 37.8 Å². The van der Waals surface area contributed by atoms with Crippen LogP contribution in [-0.2, 0) is 27.4 Å². The van der Waals surface area contributed by atoms with Gasteiger partial charge in [-0.1, -0.05) is 24.3 Å². The van der Waals surface area contributed by atoms with E-state index in [1.807, 2.05) is 13.0 Å². The largest absolute Gasteiger partial charge is 0.466 e. The van der Waals surface area contributed by atoms with Crippen molar-refractivity contribution in [2.75, 3.05) is 33.4 Å². The fourth-order valence-electron chi connectivity index (χ4n) is 3.16. The number of hydrogen-bond acceptors (Lipinski definition) is 4. The summed E-state index contributed by atoms with van der Waals surface area (Å²) < 4.78 is 10.3. The number of rotatable bonds is 7. The number of nitrogens with zero attached hydrogens (tertiary/aromatic N) is 2. The topological polar surface area (TPSA) is 63.2 Å². The Morgan fingerprint density at radius 3 is 2.65 bits per heavy atom. The molecule has 0 spiro atoms. The molecule has 0 aromatic heterocycles. The zero-order valence-corrected chi connectivity index (χ0v) is 16.2. The van der Waals surface area contributed by atoms with E-state index in [4.69, 9.17) is 14.5 Å². The number of ether oxygens (including phenoxy) is 2. The summed E-state index contributed by atoms with van der Waals surface area (Å²) in [4.78, 5) is 18.9. The summed E-state index contributed by atoms with van der Waals surface area (Å²) in [6, 6.07) is 8.31. The Morgan fingerprint density at radius 1 is 1.27 bits per heavy atom. The van der Waals surface area contributed by atoms with Crippen LogP contribution < -0.4 is 5.32 Å². The quantitative estimate of drug-likeness (QED) is 0.459. The Bertz CT molecular complexity index is 596. The molecule has 1 aliphatic heterocycles. The highest BCUT2D eigenvalue weighted by Gasteiger charge is 2.27. The van der Waals surface area contributed by atoms with Crippen LogP contribution in [-0.4, -0.2) is 50.2 Å². The maximum absolute atomic E-state index is 11.9. The van der Waals surface area contributed by atoms with Gasteiger partial charge in [-0.3, -0.25) is 4.79 Å². The highest BCUT2D eigenvalue weighted by atomic mass is 16.5. The van der Waals surface area contributed by atoms with E-state index in [-0.39, 0.29) is 11.9 Å². The Kier molecular flexibility index (Phi) is 8.41. The lowest BCUT2D eigenvalue weighted by molar-refractivity contribution is -0.149. The number of nitrogens with one attached hydrogen (secondary N) is 1. The standard InChI is InChI=1S/C20H31N3O3/c1-4-21-20(22-14-16-7-6-8-17(13-16)15-25-3)23-11-9-18(10-12-23)19(24)26-5-2/h6-8,13,18H,4-5,9-12,14-15H2,1-3H3,(H,21,22). The molecular formula is C20H31N3O3. The van der Waals surface area contributed by atoms with Crippen LogP contribution in [0.2, 0.25) is 0 Å². The third-order valence-electron chi connectivity index (χ3n) is 4.46. The Balaban J connectivity index is 1.97. The maximum Gasteiger partial charge on any atom is 0.309 e. The van der Waals surface area contributed by atoms with Crippen LogP contribution in [0, 0.1) is 5.92 Å². The van der Waals surface area contributed by atoms with Gasteiger partial charge in [-0.25, -0.2) is 4.99 Å². The minimum absolute atomic E-state index is 0.0137. The van der Waals surface area contributed by atoms with E-state index in [9.17, 15) is 4.79 Å². The van der Waals surface area contributed by atoms with E-state index in [1.165, 1.54) is 0 Å². The van der Waals surface area contributed by atoms with Crippen molar-refractivity contribution in [3.05, 3.63) is 35.4 Å². The van der Waals surface area contributed by atoms with E-state index in [2.05, 4.69) is 35.3 Å². The van der Waals surface area contributed by atoms with Gasteiger partial charge in [-0.15, -0.1) is 0 Å². The highest BCUT2D eigenvalue weighted by molar-refractivity contribution is 5.80. The van der Waals surface area contributed by atoms with Crippen LogP contribution in [0.25, 0.3) is 0 Å². The van der Waals surface area contributed by atoms with Crippen LogP contribution >= 0.6 is 0 Å². The molecule has 144 valence electrons. The SMILES string of the molecule is CCNC(=NCc1cccc(COC)c1)N1CCC(C(=O)OCC)CC1. The van der Waals surface area contributed by atoms with Gasteiger partial charge in [0.1, 0.15) is 0 Å². The molecule has 0 saturated carbocycles. The van der Waals surface area contributed by atoms with Crippen molar-refractivity contribution in [1.82, 2.24) is 10.2 Å². The predicted octanol–water partition coefficient (Wildman–Crippen LogP) is 2.57. The average Bonchev–Trinajstić information content (AvgIpc) is 2.66. The van der Waals surface area contributed by atoms with Crippen molar-refractivity contribution < 1.29 is 14.3 Å². The molecule has 1 saturated heterocycles. The summed E-state index contributed by atoms with van der Waals surface area (Å²) in [5.74, 6) is 0.857. The Morgan fingerprint density at radius 2 is 2.00 bits per heavy atom. The summed E-state index contributed by atoms with van der Waals surface area (Å²) in [7, 11) is 1.70. The number of carbonyl (C=O) groups excluding carboxylic acids is 1. The van der Waals surface area contributed by atoms with Crippen LogP contribution in [0.4, 0.5) is 0 Å². The lowest BCUT2D eigenvalue weighted by Crippen LogP contribution is -2.46. The second kappa shape index (κ2) is 10.8. The number of esters is 1. The van der Waals surface area contributed by atoms with Crippen molar-refractivity contribution in [1.29, 1.82) is 0 Å². The fourth-order valence-corrected chi connectivity index (χ4v) is 3.16. The maximum atomic E-state index is 11.9. The molecule has 0 atom stereocenters. The minimum Gasteiger partial charge on any atom is -0.466 e. The van der Waals surface area contributed by atoms with Crippen LogP contribution in [0.15, 0.2) is 29.3 Å². The summed E-state index contributed by atoms with van der Waals surface area (Å²) in [5, 5.41) is 3.37. The minimum atomic E-state index is -0.0657. The number of carbonyl (C=O) groups is 1. The lowest BCUT2D eigenvalue weighted by atomic mass is 9.97. The first kappa shape index (κ1) is 20.2. The smallest absolute Gasteiger partial charge is 0.309 e. The van der Waals surface area contributed by atoms with Crippen molar-refractivity contribution in [2.24, 2.45) is 10.9 Å². The Labute approximate surface area is 156 Å². The molecule has 26 heavy (non-hydrogen) atoms. The molecular weight excluding hydrogens is 330 g/mol. The molecule has 0 aliphatic carbocycles. The zero-order chi connectivity index (χ0) is 18.8. The van der Waals surface area contributed by atoms with Gasteiger partial charge in [-0.05, 0) is 37.8 Å². The van der Waals surface area contributed by atoms with Gasteiger partial charge in [0.15, 0.2) is 5.96 Å². The molecule has 1 aromatic carbocycles. The molecule has 1 aliphatic rings. The summed E-state index contributed by atoms with van der Waals surface area (Å²) in [6.07, 6.45) is 1.62. The van der Waals surface area contributed by atoms with Crippen molar-refractivity contribution in [2.45, 2.75) is 39.8 Å². The van der Waals surface area contributed by atoms with Gasteiger partial charge in [0.05, 0.1) is 25.7 Å². The van der Waals surface area contributed by atoms with Crippen LogP contribution in [0.3, 0.4) is 0 Å². The highest BCUT2D eigenvalue weighted by Crippen LogP contribution is 2.19. The molecule has 1 N–H and O–H groups in total. The van der Waals surface area contributed by atoms with E-state index in [1.54, 1.807) is 7.11 Å². The molecule has 1 aromatic rings. The number of aliphatic imine (C=N–C) groups is 1. The summed E-state index contributed by atoms with van der Waals surface area (Å²) >= 11 is 0. The number of benzene rings is 1. The first-order valence-corrected chi connectivity index (χ1v) is 9.44. The second-order valence-corrected chi connectivity index (χ2v) is 6.44. The lowest BCUT2D eigenvalue weighted by Gasteiger charge is -2.33. The van der Waals surface area contributed by atoms with E-state index < -0.39 is 0 Å². The van der Waals surface area contributed by atoms with E-state index in [0.717, 1.165) is 49.6 Å². The van der Waals surface area contributed by atoms with Gasteiger partial charge in [0, 0.05) is 26.7 Å².